The van der Waals surface area contributed by atoms with Crippen molar-refractivity contribution < 1.29 is 30.8 Å². The van der Waals surface area contributed by atoms with Gasteiger partial charge in [-0.3, -0.25) is 14.8 Å². The zero-order chi connectivity index (χ0) is 28.0. The number of nitrogens with zero attached hydrogens (tertiary/aromatic N) is 3. The molecule has 4 N–H and O–H groups in total. The van der Waals surface area contributed by atoms with Crippen molar-refractivity contribution in [3.05, 3.63) is 87.7 Å². The maximum absolute atomic E-state index is 13.9. The van der Waals surface area contributed by atoms with Crippen LogP contribution in [-0.4, -0.2) is 35.5 Å². The molecule has 4 rings (SSSR count). The van der Waals surface area contributed by atoms with Crippen LogP contribution in [0.25, 0.3) is 10.9 Å². The summed E-state index contributed by atoms with van der Waals surface area (Å²) in [5.41, 5.74) is 10.5. The van der Waals surface area contributed by atoms with E-state index in [1.165, 1.54) is 37.4 Å². The molecule has 0 radical (unpaired) electrons. The molecule has 0 aliphatic carbocycles. The number of amides is 1. The van der Waals surface area contributed by atoms with E-state index in [0.717, 1.165) is 18.5 Å². The Morgan fingerprint density at radius 3 is 2.39 bits per heavy atom. The minimum absolute atomic E-state index is 0.0591. The summed E-state index contributed by atoms with van der Waals surface area (Å²) >= 11 is 0. The van der Waals surface area contributed by atoms with E-state index in [1.807, 2.05) is 0 Å². The molecule has 0 atom stereocenters. The van der Waals surface area contributed by atoms with E-state index in [9.17, 15) is 30.8 Å². The van der Waals surface area contributed by atoms with Crippen molar-refractivity contribution in [2.75, 3.05) is 12.0 Å². The van der Waals surface area contributed by atoms with E-state index in [0.29, 0.717) is 5.56 Å². The van der Waals surface area contributed by atoms with Crippen molar-refractivity contribution in [1.82, 2.24) is 15.0 Å². The molecule has 0 unspecified atom stereocenters. The molecule has 1 amide bonds. The molecule has 4 aromatic rings. The third-order valence-electron chi connectivity index (χ3n) is 5.95. The summed E-state index contributed by atoms with van der Waals surface area (Å²) in [4.78, 5) is 23.7. The van der Waals surface area contributed by atoms with Crippen molar-refractivity contribution >= 4 is 32.5 Å². The van der Waals surface area contributed by atoms with E-state index in [-0.39, 0.29) is 56.0 Å². The lowest BCUT2D eigenvalue weighted by molar-refractivity contribution is -0.141. The normalized spacial score (nSPS) is 12.2. The number of fused-ring (bicyclic) bond motifs is 1. The molecular weight excluding hydrogens is 526 g/mol. The summed E-state index contributed by atoms with van der Waals surface area (Å²) in [6, 6.07) is 6.53. The Hall–Kier alpha value is -4.13. The molecule has 0 saturated heterocycles. The molecular formula is C25H21F4N5O3S. The van der Waals surface area contributed by atoms with Crippen LogP contribution in [0.5, 0.6) is 0 Å². The van der Waals surface area contributed by atoms with Gasteiger partial charge in [-0.15, -0.1) is 0 Å². The standard InChI is InChI=1S/C25H21F4N5O3S/c1-12-5-21(30)34-23(25(27,28)29)17(12)10-18-16(24(31)35)3-4-32-19(18)7-13-6-14-9-15(26)11-33-22(14)20(8-13)38(2,36)37/h3-6,8-9,11H,7,10H2,1-2H3,(H2,30,34)(H2,31,35). The molecule has 3 aromatic heterocycles. The lowest BCUT2D eigenvalue weighted by Crippen LogP contribution is -2.19. The number of sulfone groups is 1. The van der Waals surface area contributed by atoms with Crippen molar-refractivity contribution in [2.45, 2.75) is 30.8 Å². The molecule has 38 heavy (non-hydrogen) atoms. The topological polar surface area (TPSA) is 142 Å². The maximum Gasteiger partial charge on any atom is 0.433 e. The fourth-order valence-electron chi connectivity index (χ4n) is 4.30. The van der Waals surface area contributed by atoms with E-state index >= 15 is 0 Å². The second-order valence-electron chi connectivity index (χ2n) is 8.78. The lowest BCUT2D eigenvalue weighted by atomic mass is 9.92. The minimum Gasteiger partial charge on any atom is -0.384 e. The third kappa shape index (κ3) is 5.42. The first-order chi connectivity index (χ1) is 17.6. The first-order valence-electron chi connectivity index (χ1n) is 11.0. The molecule has 1 aromatic carbocycles. The van der Waals surface area contributed by atoms with E-state index in [4.69, 9.17) is 11.5 Å². The molecule has 0 saturated carbocycles. The molecule has 198 valence electrons. The Kier molecular flexibility index (Phi) is 6.82. The van der Waals surface area contributed by atoms with Crippen molar-refractivity contribution in [3.8, 4) is 0 Å². The second kappa shape index (κ2) is 9.63. The summed E-state index contributed by atoms with van der Waals surface area (Å²) in [6.45, 7) is 1.44. The minimum atomic E-state index is -4.83. The van der Waals surface area contributed by atoms with Crippen molar-refractivity contribution in [2.24, 2.45) is 5.73 Å². The average molecular weight is 548 g/mol. The number of alkyl halides is 3. The Bertz CT molecular complexity index is 1710. The number of aryl methyl sites for hydroxylation is 1. The number of carbonyl (C=O) groups excluding carboxylic acids is 1. The Balaban J connectivity index is 1.91. The Morgan fingerprint density at radius 1 is 1.05 bits per heavy atom. The number of hydrogen-bond donors (Lipinski definition) is 2. The number of nitrogen functional groups attached to an aromatic ring is 1. The van der Waals surface area contributed by atoms with Gasteiger partial charge < -0.3 is 11.5 Å². The highest BCUT2D eigenvalue weighted by Crippen LogP contribution is 2.35. The predicted molar refractivity (Wildman–Crippen MR) is 132 cm³/mol. The van der Waals surface area contributed by atoms with Crippen LogP contribution in [0.1, 0.15) is 44.0 Å². The van der Waals surface area contributed by atoms with Gasteiger partial charge in [0.15, 0.2) is 15.5 Å². The number of carbonyl (C=O) groups is 1. The van der Waals surface area contributed by atoms with Gasteiger partial charge in [0.1, 0.15) is 11.6 Å². The number of primary amides is 1. The van der Waals surface area contributed by atoms with Gasteiger partial charge in [-0.1, -0.05) is 0 Å². The predicted octanol–water partition coefficient (Wildman–Crippen LogP) is 3.76. The first kappa shape index (κ1) is 26.9. The number of rotatable bonds is 6. The van der Waals surface area contributed by atoms with Gasteiger partial charge >= 0.3 is 6.18 Å². The van der Waals surface area contributed by atoms with E-state index < -0.39 is 39.9 Å². The van der Waals surface area contributed by atoms with E-state index in [1.54, 1.807) is 0 Å². The summed E-state index contributed by atoms with van der Waals surface area (Å²) in [7, 11) is -3.79. The number of pyridine rings is 3. The van der Waals surface area contributed by atoms with Gasteiger partial charge in [-0.2, -0.15) is 13.2 Å². The zero-order valence-corrected chi connectivity index (χ0v) is 20.9. The van der Waals surface area contributed by atoms with Crippen LogP contribution in [0.3, 0.4) is 0 Å². The Labute approximate surface area is 214 Å². The maximum atomic E-state index is 13.9. The SMILES string of the molecule is Cc1cc(N)nc(C(F)(F)F)c1Cc1c(C(N)=O)ccnc1Cc1cc(S(C)(=O)=O)c2ncc(F)cc2c1. The average Bonchev–Trinajstić information content (AvgIpc) is 2.79. The highest BCUT2D eigenvalue weighted by Gasteiger charge is 2.37. The van der Waals surface area contributed by atoms with Gasteiger partial charge in [0.2, 0.25) is 5.91 Å². The number of halogens is 4. The van der Waals surface area contributed by atoms with Crippen LogP contribution < -0.4 is 11.5 Å². The zero-order valence-electron chi connectivity index (χ0n) is 20.1. The highest BCUT2D eigenvalue weighted by molar-refractivity contribution is 7.91. The summed E-state index contributed by atoms with van der Waals surface area (Å²) in [6.07, 6.45) is -2.19. The number of hydrogen-bond acceptors (Lipinski definition) is 7. The van der Waals surface area contributed by atoms with Crippen LogP contribution in [0.15, 0.2) is 47.6 Å². The van der Waals surface area contributed by atoms with Crippen LogP contribution in [0.4, 0.5) is 23.4 Å². The number of aromatic nitrogens is 3. The number of anilines is 1. The molecule has 0 aliphatic rings. The van der Waals surface area contributed by atoms with E-state index in [2.05, 4.69) is 15.0 Å². The van der Waals surface area contributed by atoms with Crippen LogP contribution in [-0.2, 0) is 28.9 Å². The largest absolute Gasteiger partial charge is 0.433 e. The molecule has 0 bridgehead atoms. The van der Waals surface area contributed by atoms with Crippen molar-refractivity contribution in [3.63, 3.8) is 0 Å². The van der Waals surface area contributed by atoms with Gasteiger partial charge in [0.05, 0.1) is 16.6 Å². The fraction of sp³-hybridized carbons (Fsp3) is 0.200. The molecule has 0 aliphatic heterocycles. The van der Waals surface area contributed by atoms with Crippen LogP contribution in [0, 0.1) is 12.7 Å². The van der Waals surface area contributed by atoms with Crippen LogP contribution >= 0.6 is 0 Å². The number of nitrogens with two attached hydrogens (primary N) is 2. The summed E-state index contributed by atoms with van der Waals surface area (Å²) in [5.74, 6) is -1.89. The summed E-state index contributed by atoms with van der Waals surface area (Å²) in [5, 5.41) is 0.202. The molecule has 13 heteroatoms. The molecule has 3 heterocycles. The monoisotopic (exact) mass is 547 g/mol. The quantitative estimate of drug-likeness (QED) is 0.350. The Morgan fingerprint density at radius 2 is 1.76 bits per heavy atom. The molecule has 0 fully saturated rings. The van der Waals surface area contributed by atoms with Crippen molar-refractivity contribution in [1.29, 1.82) is 0 Å². The molecule has 8 nitrogen and oxygen atoms in total. The van der Waals surface area contributed by atoms with Crippen LogP contribution in [0.2, 0.25) is 0 Å². The first-order valence-corrected chi connectivity index (χ1v) is 12.9. The van der Waals surface area contributed by atoms with Gasteiger partial charge in [-0.05, 0) is 59.5 Å². The fourth-order valence-corrected chi connectivity index (χ4v) is 5.19. The second-order valence-corrected chi connectivity index (χ2v) is 10.8. The highest BCUT2D eigenvalue weighted by atomic mass is 32.2. The third-order valence-corrected chi connectivity index (χ3v) is 7.06. The number of benzene rings is 1. The van der Waals surface area contributed by atoms with Gasteiger partial charge in [0, 0.05) is 41.9 Å². The lowest BCUT2D eigenvalue weighted by Gasteiger charge is -2.18. The smallest absolute Gasteiger partial charge is 0.384 e. The summed E-state index contributed by atoms with van der Waals surface area (Å²) < 4.78 is 80.3. The molecule has 0 spiro atoms. The van der Waals surface area contributed by atoms with Gasteiger partial charge in [-0.25, -0.2) is 17.8 Å². The van der Waals surface area contributed by atoms with Gasteiger partial charge in [0.25, 0.3) is 0 Å².